The van der Waals surface area contributed by atoms with Crippen LogP contribution in [0.15, 0.2) is 60.7 Å². The molecule has 2 aromatic carbocycles. The normalized spacial score (nSPS) is 27.6. The van der Waals surface area contributed by atoms with E-state index in [9.17, 15) is 0 Å². The Labute approximate surface area is 157 Å². The van der Waals surface area contributed by atoms with Gasteiger partial charge in [0.25, 0.3) is 0 Å². The van der Waals surface area contributed by atoms with Crippen molar-refractivity contribution < 1.29 is 4.74 Å². The molecule has 2 aromatic rings. The fourth-order valence-corrected chi connectivity index (χ4v) is 4.53. The number of ether oxygens (including phenoxy) is 1. The molecular formula is C24H27NO. The first-order valence-corrected chi connectivity index (χ1v) is 9.59. The van der Waals surface area contributed by atoms with Crippen LogP contribution in [0.2, 0.25) is 0 Å². The lowest BCUT2D eigenvalue weighted by atomic mass is 9.73. The molecule has 0 spiro atoms. The molecule has 0 radical (unpaired) electrons. The van der Waals surface area contributed by atoms with Crippen LogP contribution in [0, 0.1) is 17.8 Å². The van der Waals surface area contributed by atoms with Crippen molar-refractivity contribution in [2.45, 2.75) is 30.8 Å². The zero-order chi connectivity index (χ0) is 18.0. The third-order valence-corrected chi connectivity index (χ3v) is 6.30. The molecule has 1 atom stereocenters. The summed E-state index contributed by atoms with van der Waals surface area (Å²) in [6.45, 7) is 5.54. The molecule has 2 heteroatoms. The van der Waals surface area contributed by atoms with Crippen LogP contribution in [0.5, 0.6) is 0 Å². The average Bonchev–Trinajstić information content (AvgIpc) is 2.74. The van der Waals surface area contributed by atoms with Gasteiger partial charge >= 0.3 is 0 Å². The van der Waals surface area contributed by atoms with E-state index in [0.717, 1.165) is 6.54 Å². The van der Waals surface area contributed by atoms with Crippen molar-refractivity contribution in [2.75, 3.05) is 26.7 Å². The molecule has 1 unspecified atom stereocenters. The Morgan fingerprint density at radius 2 is 1.50 bits per heavy atom. The van der Waals surface area contributed by atoms with Crippen molar-refractivity contribution in [3.05, 3.63) is 71.8 Å². The van der Waals surface area contributed by atoms with Crippen LogP contribution in [0.25, 0.3) is 0 Å². The molecule has 3 saturated heterocycles. The van der Waals surface area contributed by atoms with Gasteiger partial charge in [-0.15, -0.1) is 0 Å². The summed E-state index contributed by atoms with van der Waals surface area (Å²) >= 11 is 0. The molecule has 3 fully saturated rings. The smallest absolute Gasteiger partial charge is 0.143 e. The van der Waals surface area contributed by atoms with E-state index >= 15 is 0 Å². The molecule has 5 rings (SSSR count). The second-order valence-corrected chi connectivity index (χ2v) is 7.75. The number of methoxy groups -OCH3 is 1. The first kappa shape index (κ1) is 17.3. The van der Waals surface area contributed by atoms with Crippen molar-refractivity contribution in [1.29, 1.82) is 0 Å². The number of hydrogen-bond acceptors (Lipinski definition) is 2. The molecule has 3 aliphatic heterocycles. The number of fused-ring (bicyclic) bond motifs is 3. The largest absolute Gasteiger partial charge is 0.364 e. The average molecular weight is 345 g/mol. The second-order valence-electron chi connectivity index (χ2n) is 7.75. The molecule has 2 bridgehead atoms. The summed E-state index contributed by atoms with van der Waals surface area (Å²) < 4.78 is 6.06. The molecule has 26 heavy (non-hydrogen) atoms. The molecule has 134 valence electrons. The van der Waals surface area contributed by atoms with Gasteiger partial charge in [0.1, 0.15) is 5.60 Å². The van der Waals surface area contributed by atoms with Crippen LogP contribution < -0.4 is 0 Å². The zero-order valence-electron chi connectivity index (χ0n) is 15.7. The zero-order valence-corrected chi connectivity index (χ0v) is 15.7. The van der Waals surface area contributed by atoms with Gasteiger partial charge in [0, 0.05) is 19.6 Å². The van der Waals surface area contributed by atoms with Crippen LogP contribution in [0.4, 0.5) is 0 Å². The van der Waals surface area contributed by atoms with E-state index in [1.165, 1.54) is 37.1 Å². The Morgan fingerprint density at radius 3 is 1.92 bits per heavy atom. The Balaban J connectivity index is 1.79. The maximum Gasteiger partial charge on any atom is 0.143 e. The standard InChI is InChI=1S/C24H27NO/c1-23(20-9-5-3-6-10-20,21-11-7-4-8-12-21)15-16-24(26-2)19-25-17-13-22(24)14-18-25/h3-12,22H,13-14,17-19H2,1-2H3. The Kier molecular flexibility index (Phi) is 4.61. The van der Waals surface area contributed by atoms with Gasteiger partial charge in [-0.05, 0) is 44.0 Å². The van der Waals surface area contributed by atoms with E-state index in [-0.39, 0.29) is 11.0 Å². The molecule has 0 saturated carbocycles. The van der Waals surface area contributed by atoms with Gasteiger partial charge in [-0.1, -0.05) is 72.5 Å². The third-order valence-electron chi connectivity index (χ3n) is 6.30. The van der Waals surface area contributed by atoms with Gasteiger partial charge < -0.3 is 4.74 Å². The molecule has 0 N–H and O–H groups in total. The highest BCUT2D eigenvalue weighted by molar-refractivity contribution is 5.48. The van der Waals surface area contributed by atoms with E-state index in [1.807, 2.05) is 7.11 Å². The van der Waals surface area contributed by atoms with Crippen molar-refractivity contribution in [3.8, 4) is 11.8 Å². The first-order valence-electron chi connectivity index (χ1n) is 9.59. The number of hydrogen-bond donors (Lipinski definition) is 0. The number of nitrogens with zero attached hydrogens (tertiary/aromatic N) is 1. The fourth-order valence-electron chi connectivity index (χ4n) is 4.53. The fraction of sp³-hybridized carbons (Fsp3) is 0.417. The van der Waals surface area contributed by atoms with E-state index < -0.39 is 0 Å². The highest BCUT2D eigenvalue weighted by Gasteiger charge is 2.46. The summed E-state index contributed by atoms with van der Waals surface area (Å²) in [7, 11) is 1.83. The van der Waals surface area contributed by atoms with Gasteiger partial charge in [-0.2, -0.15) is 0 Å². The number of piperidine rings is 3. The number of rotatable bonds is 3. The quantitative estimate of drug-likeness (QED) is 0.777. The SMILES string of the molecule is COC1(C#CC(C)(c2ccccc2)c2ccccc2)CN2CCC1CC2. The Morgan fingerprint density at radius 1 is 0.962 bits per heavy atom. The second kappa shape index (κ2) is 6.91. The summed E-state index contributed by atoms with van der Waals surface area (Å²) in [5.41, 5.74) is 1.78. The molecule has 0 amide bonds. The van der Waals surface area contributed by atoms with Crippen LogP contribution in [0.1, 0.15) is 30.9 Å². The van der Waals surface area contributed by atoms with Crippen molar-refractivity contribution in [2.24, 2.45) is 5.92 Å². The molecule has 3 heterocycles. The minimum Gasteiger partial charge on any atom is -0.364 e. The Bertz CT molecular complexity index is 757. The number of benzene rings is 2. The molecule has 0 aliphatic carbocycles. The van der Waals surface area contributed by atoms with Gasteiger partial charge in [0.05, 0.1) is 5.41 Å². The topological polar surface area (TPSA) is 12.5 Å². The summed E-state index contributed by atoms with van der Waals surface area (Å²) in [6.07, 6.45) is 2.38. The minimum absolute atomic E-state index is 0.332. The van der Waals surface area contributed by atoms with E-state index in [1.54, 1.807) is 0 Å². The van der Waals surface area contributed by atoms with Crippen molar-refractivity contribution in [3.63, 3.8) is 0 Å². The predicted octanol–water partition coefficient (Wildman–Crippen LogP) is 4.11. The van der Waals surface area contributed by atoms with Gasteiger partial charge in [0.2, 0.25) is 0 Å². The third kappa shape index (κ3) is 2.96. The van der Waals surface area contributed by atoms with Crippen LogP contribution >= 0.6 is 0 Å². The minimum atomic E-state index is -0.347. The van der Waals surface area contributed by atoms with E-state index in [2.05, 4.69) is 84.3 Å². The summed E-state index contributed by atoms with van der Waals surface area (Å²) in [5.74, 6) is 7.86. The molecule has 2 nitrogen and oxygen atoms in total. The van der Waals surface area contributed by atoms with Crippen LogP contribution in [-0.2, 0) is 10.2 Å². The summed E-state index contributed by atoms with van der Waals surface area (Å²) in [4.78, 5) is 2.50. The van der Waals surface area contributed by atoms with Crippen molar-refractivity contribution in [1.82, 2.24) is 4.90 Å². The highest BCUT2D eigenvalue weighted by atomic mass is 16.5. The Hall–Kier alpha value is -2.08. The van der Waals surface area contributed by atoms with Gasteiger partial charge in [-0.25, -0.2) is 0 Å². The molecule has 0 aromatic heterocycles. The van der Waals surface area contributed by atoms with Crippen molar-refractivity contribution >= 4 is 0 Å². The molecule has 3 aliphatic rings. The summed E-state index contributed by atoms with van der Waals surface area (Å²) in [6, 6.07) is 21.2. The first-order chi connectivity index (χ1) is 12.7. The monoisotopic (exact) mass is 345 g/mol. The van der Waals surface area contributed by atoms with E-state index in [4.69, 9.17) is 4.74 Å². The van der Waals surface area contributed by atoms with E-state index in [0.29, 0.717) is 5.92 Å². The summed E-state index contributed by atoms with van der Waals surface area (Å²) in [5, 5.41) is 0. The lowest BCUT2D eigenvalue weighted by molar-refractivity contribution is -0.0962. The molecular weight excluding hydrogens is 318 g/mol. The van der Waals surface area contributed by atoms with Crippen LogP contribution in [0.3, 0.4) is 0 Å². The highest BCUT2D eigenvalue weighted by Crippen LogP contribution is 2.38. The predicted molar refractivity (Wildman–Crippen MR) is 106 cm³/mol. The van der Waals surface area contributed by atoms with Crippen LogP contribution in [-0.4, -0.2) is 37.2 Å². The van der Waals surface area contributed by atoms with Gasteiger partial charge in [0.15, 0.2) is 0 Å². The van der Waals surface area contributed by atoms with Gasteiger partial charge in [-0.3, -0.25) is 4.90 Å². The lowest BCUT2D eigenvalue weighted by Crippen LogP contribution is -2.59. The lowest BCUT2D eigenvalue weighted by Gasteiger charge is -2.50. The maximum atomic E-state index is 6.06. The maximum absolute atomic E-state index is 6.06.